The van der Waals surface area contributed by atoms with Crippen LogP contribution in [0.25, 0.3) is 0 Å². The van der Waals surface area contributed by atoms with Crippen molar-refractivity contribution in [2.24, 2.45) is 0 Å². The van der Waals surface area contributed by atoms with Crippen molar-refractivity contribution < 1.29 is 9.84 Å². The third-order valence-corrected chi connectivity index (χ3v) is 3.89. The molecule has 0 bridgehead atoms. The van der Waals surface area contributed by atoms with Crippen LogP contribution in [0, 0.1) is 0 Å². The molecule has 0 radical (unpaired) electrons. The molecule has 1 N–H and O–H groups in total. The van der Waals surface area contributed by atoms with Gasteiger partial charge in [-0.2, -0.15) is 0 Å². The summed E-state index contributed by atoms with van der Waals surface area (Å²) in [4.78, 5) is 0. The maximum absolute atomic E-state index is 9.95. The molecule has 0 heterocycles. The van der Waals surface area contributed by atoms with Crippen molar-refractivity contribution in [3.63, 3.8) is 0 Å². The smallest absolute Gasteiger partial charge is 0.116 e. The second-order valence-electron chi connectivity index (χ2n) is 5.18. The molecule has 0 spiro atoms. The van der Waals surface area contributed by atoms with Gasteiger partial charge < -0.3 is 9.84 Å². The van der Waals surface area contributed by atoms with Crippen LogP contribution in [0.3, 0.4) is 0 Å². The van der Waals surface area contributed by atoms with Gasteiger partial charge in [0.2, 0.25) is 0 Å². The van der Waals surface area contributed by atoms with E-state index in [-0.39, 0.29) is 6.61 Å². The topological polar surface area (TPSA) is 29.5 Å². The molecule has 0 amide bonds. The van der Waals surface area contributed by atoms with Crippen molar-refractivity contribution in [2.75, 3.05) is 6.61 Å². The minimum Gasteiger partial charge on any atom is -0.393 e. The molecule has 0 aliphatic carbocycles. The Bertz CT molecular complexity index is 539. The van der Waals surface area contributed by atoms with Gasteiger partial charge in [0, 0.05) is 5.02 Å². The summed E-state index contributed by atoms with van der Waals surface area (Å²) in [6.07, 6.45) is 1.69. The molecule has 112 valence electrons. The molecular formula is C18H21ClO2. The lowest BCUT2D eigenvalue weighted by Gasteiger charge is -2.32. The van der Waals surface area contributed by atoms with Gasteiger partial charge in [-0.3, -0.25) is 0 Å². The van der Waals surface area contributed by atoms with E-state index in [1.54, 1.807) is 0 Å². The number of rotatable bonds is 7. The molecule has 0 aliphatic heterocycles. The number of aliphatic hydroxyl groups excluding tert-OH is 1. The van der Waals surface area contributed by atoms with Gasteiger partial charge in [0.15, 0.2) is 0 Å². The summed E-state index contributed by atoms with van der Waals surface area (Å²) < 4.78 is 6.14. The third kappa shape index (κ3) is 4.07. The van der Waals surface area contributed by atoms with Crippen LogP contribution in [-0.4, -0.2) is 11.7 Å². The summed E-state index contributed by atoms with van der Waals surface area (Å²) in [5, 5.41) is 10.6. The van der Waals surface area contributed by atoms with Gasteiger partial charge in [0.25, 0.3) is 0 Å². The SMILES string of the molecule is CCCC(CO)(OCc1ccccc1)c1ccc(Cl)cc1. The fourth-order valence-electron chi connectivity index (χ4n) is 2.47. The number of aliphatic hydroxyl groups is 1. The van der Waals surface area contributed by atoms with E-state index in [0.29, 0.717) is 11.6 Å². The van der Waals surface area contributed by atoms with Gasteiger partial charge in [0.1, 0.15) is 5.60 Å². The van der Waals surface area contributed by atoms with Crippen LogP contribution >= 0.6 is 11.6 Å². The normalized spacial score (nSPS) is 13.9. The Kier molecular flexibility index (Phi) is 5.80. The van der Waals surface area contributed by atoms with Crippen LogP contribution in [-0.2, 0) is 16.9 Å². The van der Waals surface area contributed by atoms with Gasteiger partial charge in [-0.25, -0.2) is 0 Å². The van der Waals surface area contributed by atoms with Crippen LogP contribution in [0.4, 0.5) is 0 Å². The van der Waals surface area contributed by atoms with Crippen LogP contribution in [0.5, 0.6) is 0 Å². The molecule has 2 aromatic carbocycles. The van der Waals surface area contributed by atoms with Crippen LogP contribution < -0.4 is 0 Å². The zero-order valence-corrected chi connectivity index (χ0v) is 13.0. The molecule has 21 heavy (non-hydrogen) atoms. The van der Waals surface area contributed by atoms with Gasteiger partial charge in [0.05, 0.1) is 13.2 Å². The lowest BCUT2D eigenvalue weighted by Crippen LogP contribution is -2.33. The highest BCUT2D eigenvalue weighted by molar-refractivity contribution is 6.30. The molecule has 0 saturated heterocycles. The summed E-state index contributed by atoms with van der Waals surface area (Å²) in [6.45, 7) is 2.52. The number of hydrogen-bond acceptors (Lipinski definition) is 2. The molecule has 2 nitrogen and oxygen atoms in total. The minimum atomic E-state index is -0.671. The van der Waals surface area contributed by atoms with E-state index in [4.69, 9.17) is 16.3 Å². The summed E-state index contributed by atoms with van der Waals surface area (Å²) in [7, 11) is 0. The fourth-order valence-corrected chi connectivity index (χ4v) is 2.60. The predicted molar refractivity (Wildman–Crippen MR) is 86.4 cm³/mol. The van der Waals surface area contributed by atoms with Gasteiger partial charge >= 0.3 is 0 Å². The van der Waals surface area contributed by atoms with Gasteiger partial charge in [-0.05, 0) is 29.7 Å². The summed E-state index contributed by atoms with van der Waals surface area (Å²) >= 11 is 5.95. The molecule has 0 aromatic heterocycles. The highest BCUT2D eigenvalue weighted by Gasteiger charge is 2.31. The first-order chi connectivity index (χ1) is 10.2. The first-order valence-corrected chi connectivity index (χ1v) is 7.63. The summed E-state index contributed by atoms with van der Waals surface area (Å²) in [5.41, 5.74) is 1.39. The van der Waals surface area contributed by atoms with E-state index >= 15 is 0 Å². The Morgan fingerprint density at radius 2 is 1.71 bits per heavy atom. The predicted octanol–water partition coefficient (Wildman–Crippen LogP) is 4.54. The average molecular weight is 305 g/mol. The summed E-state index contributed by atoms with van der Waals surface area (Å²) in [5.74, 6) is 0. The van der Waals surface area contributed by atoms with E-state index < -0.39 is 5.60 Å². The zero-order chi connectivity index (χ0) is 15.1. The van der Waals surface area contributed by atoms with E-state index in [0.717, 1.165) is 24.0 Å². The molecule has 3 heteroatoms. The average Bonchev–Trinajstić information content (AvgIpc) is 2.53. The van der Waals surface area contributed by atoms with Crippen molar-refractivity contribution in [1.29, 1.82) is 0 Å². The lowest BCUT2D eigenvalue weighted by atomic mass is 9.89. The van der Waals surface area contributed by atoms with Crippen molar-refractivity contribution in [3.8, 4) is 0 Å². The number of ether oxygens (including phenoxy) is 1. The quantitative estimate of drug-likeness (QED) is 0.813. The van der Waals surface area contributed by atoms with E-state index in [1.165, 1.54) is 0 Å². The largest absolute Gasteiger partial charge is 0.393 e. The van der Waals surface area contributed by atoms with Crippen LogP contribution in [0.15, 0.2) is 54.6 Å². The minimum absolute atomic E-state index is 0.0463. The Balaban J connectivity index is 2.21. The number of hydrogen-bond donors (Lipinski definition) is 1. The molecule has 0 fully saturated rings. The first kappa shape index (κ1) is 16.0. The molecule has 1 atom stereocenters. The maximum atomic E-state index is 9.95. The Labute approximate surface area is 131 Å². The first-order valence-electron chi connectivity index (χ1n) is 7.25. The molecule has 2 aromatic rings. The Morgan fingerprint density at radius 1 is 1.05 bits per heavy atom. The Hall–Kier alpha value is -1.35. The number of benzene rings is 2. The molecule has 0 aliphatic rings. The van der Waals surface area contributed by atoms with Gasteiger partial charge in [-0.1, -0.05) is 67.4 Å². The fraction of sp³-hybridized carbons (Fsp3) is 0.333. The summed E-state index contributed by atoms with van der Waals surface area (Å²) in [6, 6.07) is 17.5. The van der Waals surface area contributed by atoms with Crippen LogP contribution in [0.2, 0.25) is 5.02 Å². The van der Waals surface area contributed by atoms with E-state index in [1.807, 2.05) is 54.6 Å². The van der Waals surface area contributed by atoms with Gasteiger partial charge in [-0.15, -0.1) is 0 Å². The zero-order valence-electron chi connectivity index (χ0n) is 12.3. The van der Waals surface area contributed by atoms with Crippen molar-refractivity contribution >= 4 is 11.6 Å². The monoisotopic (exact) mass is 304 g/mol. The molecule has 2 rings (SSSR count). The van der Waals surface area contributed by atoms with Crippen LogP contribution in [0.1, 0.15) is 30.9 Å². The van der Waals surface area contributed by atoms with Crippen molar-refractivity contribution in [3.05, 3.63) is 70.7 Å². The Morgan fingerprint density at radius 3 is 2.29 bits per heavy atom. The van der Waals surface area contributed by atoms with Crippen molar-refractivity contribution in [2.45, 2.75) is 32.0 Å². The maximum Gasteiger partial charge on any atom is 0.116 e. The second-order valence-corrected chi connectivity index (χ2v) is 5.62. The van der Waals surface area contributed by atoms with Crippen molar-refractivity contribution in [1.82, 2.24) is 0 Å². The van der Waals surface area contributed by atoms with E-state index in [9.17, 15) is 5.11 Å². The highest BCUT2D eigenvalue weighted by Crippen LogP contribution is 2.32. The third-order valence-electron chi connectivity index (χ3n) is 3.64. The molecule has 0 saturated carbocycles. The number of halogens is 1. The molecular weight excluding hydrogens is 284 g/mol. The second kappa shape index (κ2) is 7.60. The standard InChI is InChI=1S/C18H21ClO2/c1-2-12-18(14-20,16-8-10-17(19)11-9-16)21-13-15-6-4-3-5-7-15/h3-11,20H,2,12-14H2,1H3. The van der Waals surface area contributed by atoms with E-state index in [2.05, 4.69) is 6.92 Å². The highest BCUT2D eigenvalue weighted by atomic mass is 35.5. The lowest BCUT2D eigenvalue weighted by molar-refractivity contribution is -0.101. The molecule has 1 unspecified atom stereocenters.